The molecule has 96 valence electrons. The molecule has 2 rings (SSSR count). The second kappa shape index (κ2) is 5.17. The normalized spacial score (nSPS) is 11.7. The molecule has 1 aromatic heterocycles. The van der Waals surface area contributed by atoms with E-state index in [1.165, 1.54) is 12.3 Å². The summed E-state index contributed by atoms with van der Waals surface area (Å²) in [7, 11) is -3.73. The molecule has 0 fully saturated rings. The smallest absolute Gasteiger partial charge is 0.242 e. The molecular formula is C10H8BrFN2O3S. The predicted molar refractivity (Wildman–Crippen MR) is 64.6 cm³/mol. The molecule has 1 N–H and O–H groups in total. The van der Waals surface area contributed by atoms with Crippen LogP contribution in [0.1, 0.15) is 5.69 Å². The van der Waals surface area contributed by atoms with Crippen LogP contribution in [0.15, 0.2) is 44.4 Å². The van der Waals surface area contributed by atoms with Gasteiger partial charge in [0.15, 0.2) is 0 Å². The van der Waals surface area contributed by atoms with Crippen LogP contribution >= 0.6 is 15.9 Å². The first-order valence-corrected chi connectivity index (χ1v) is 7.10. The van der Waals surface area contributed by atoms with Crippen molar-refractivity contribution in [3.8, 4) is 0 Å². The summed E-state index contributed by atoms with van der Waals surface area (Å²) in [5, 5.41) is 3.58. The maximum atomic E-state index is 12.9. The minimum Gasteiger partial charge on any atom is -0.364 e. The molecule has 0 unspecified atom stereocenters. The molecule has 0 saturated carbocycles. The zero-order chi connectivity index (χ0) is 13.2. The Labute approximate surface area is 111 Å². The Morgan fingerprint density at radius 2 is 2.17 bits per heavy atom. The van der Waals surface area contributed by atoms with E-state index in [2.05, 4.69) is 30.3 Å². The lowest BCUT2D eigenvalue weighted by atomic mass is 10.3. The highest BCUT2D eigenvalue weighted by Gasteiger charge is 2.18. The molecule has 5 nitrogen and oxygen atoms in total. The Hall–Kier alpha value is -1.25. The van der Waals surface area contributed by atoms with Crippen molar-refractivity contribution in [2.45, 2.75) is 11.4 Å². The van der Waals surface area contributed by atoms with Crippen LogP contribution < -0.4 is 4.72 Å². The quantitative estimate of drug-likeness (QED) is 0.928. The number of rotatable bonds is 4. The summed E-state index contributed by atoms with van der Waals surface area (Å²) in [5.74, 6) is -0.516. The van der Waals surface area contributed by atoms with Gasteiger partial charge in [-0.25, -0.2) is 17.5 Å². The molecule has 0 bridgehead atoms. The summed E-state index contributed by atoms with van der Waals surface area (Å²) >= 11 is 3.01. The third-order valence-corrected chi connectivity index (χ3v) is 4.50. The minimum atomic E-state index is -3.73. The number of sulfonamides is 1. The summed E-state index contributed by atoms with van der Waals surface area (Å²) in [6.07, 6.45) is 1.34. The molecular weight excluding hydrogens is 327 g/mol. The van der Waals surface area contributed by atoms with Crippen LogP contribution in [0, 0.1) is 5.82 Å². The second-order valence-corrected chi connectivity index (χ2v) is 5.98. The fraction of sp³-hybridized carbons (Fsp3) is 0.100. The van der Waals surface area contributed by atoms with Crippen molar-refractivity contribution in [3.05, 3.63) is 46.5 Å². The molecule has 18 heavy (non-hydrogen) atoms. The zero-order valence-electron chi connectivity index (χ0n) is 8.93. The number of benzene rings is 1. The van der Waals surface area contributed by atoms with Crippen molar-refractivity contribution in [2.24, 2.45) is 0 Å². The van der Waals surface area contributed by atoms with E-state index in [1.807, 2.05) is 0 Å². The van der Waals surface area contributed by atoms with Gasteiger partial charge in [-0.2, -0.15) is 0 Å². The van der Waals surface area contributed by atoms with Gasteiger partial charge in [0, 0.05) is 10.5 Å². The highest BCUT2D eigenvalue weighted by Crippen LogP contribution is 2.22. The van der Waals surface area contributed by atoms with Crippen molar-refractivity contribution in [1.82, 2.24) is 9.88 Å². The molecule has 1 aromatic carbocycles. The van der Waals surface area contributed by atoms with Gasteiger partial charge in [0.05, 0.1) is 17.1 Å². The van der Waals surface area contributed by atoms with E-state index >= 15 is 0 Å². The lowest BCUT2D eigenvalue weighted by Crippen LogP contribution is -2.23. The number of hydrogen-bond acceptors (Lipinski definition) is 4. The molecule has 0 atom stereocenters. The van der Waals surface area contributed by atoms with Crippen molar-refractivity contribution < 1.29 is 17.3 Å². The zero-order valence-corrected chi connectivity index (χ0v) is 11.3. The molecule has 0 spiro atoms. The molecule has 1 heterocycles. The van der Waals surface area contributed by atoms with Crippen LogP contribution in [0.3, 0.4) is 0 Å². The Kier molecular flexibility index (Phi) is 3.79. The van der Waals surface area contributed by atoms with Crippen molar-refractivity contribution in [1.29, 1.82) is 0 Å². The summed E-state index contributed by atoms with van der Waals surface area (Å²) in [6, 6.07) is 4.90. The van der Waals surface area contributed by atoms with Crippen LogP contribution in [0.2, 0.25) is 0 Å². The number of hydrogen-bond donors (Lipinski definition) is 1. The van der Waals surface area contributed by atoms with Gasteiger partial charge in [-0.1, -0.05) is 5.16 Å². The van der Waals surface area contributed by atoms with Gasteiger partial charge in [0.1, 0.15) is 12.1 Å². The topological polar surface area (TPSA) is 72.2 Å². The molecule has 0 aliphatic carbocycles. The van der Waals surface area contributed by atoms with Crippen LogP contribution in [0.4, 0.5) is 4.39 Å². The van der Waals surface area contributed by atoms with E-state index in [4.69, 9.17) is 0 Å². The van der Waals surface area contributed by atoms with E-state index < -0.39 is 15.8 Å². The van der Waals surface area contributed by atoms with Crippen LogP contribution in [-0.2, 0) is 16.6 Å². The molecule has 8 heteroatoms. The van der Waals surface area contributed by atoms with Gasteiger partial charge in [-0.15, -0.1) is 0 Å². The highest BCUT2D eigenvalue weighted by molar-refractivity contribution is 9.10. The van der Waals surface area contributed by atoms with E-state index in [0.717, 1.165) is 12.1 Å². The fourth-order valence-electron chi connectivity index (χ4n) is 1.27. The number of nitrogens with one attached hydrogen (secondary N) is 1. The van der Waals surface area contributed by atoms with Gasteiger partial charge in [0.25, 0.3) is 0 Å². The molecule has 0 saturated heterocycles. The monoisotopic (exact) mass is 334 g/mol. The molecule has 2 aromatic rings. The Morgan fingerprint density at radius 3 is 2.78 bits per heavy atom. The van der Waals surface area contributed by atoms with Gasteiger partial charge >= 0.3 is 0 Å². The minimum absolute atomic E-state index is 0.00263. The van der Waals surface area contributed by atoms with Gasteiger partial charge in [-0.05, 0) is 34.1 Å². The van der Waals surface area contributed by atoms with E-state index in [-0.39, 0.29) is 15.9 Å². The largest absolute Gasteiger partial charge is 0.364 e. The molecule has 0 aliphatic rings. The fourth-order valence-corrected chi connectivity index (χ4v) is 3.31. The first-order valence-electron chi connectivity index (χ1n) is 4.83. The first-order chi connectivity index (χ1) is 8.49. The van der Waals surface area contributed by atoms with Crippen LogP contribution in [-0.4, -0.2) is 13.6 Å². The van der Waals surface area contributed by atoms with Crippen LogP contribution in [0.5, 0.6) is 0 Å². The van der Waals surface area contributed by atoms with Crippen molar-refractivity contribution >= 4 is 26.0 Å². The molecule has 0 radical (unpaired) electrons. The second-order valence-electron chi connectivity index (χ2n) is 3.39. The predicted octanol–water partition coefficient (Wildman–Crippen LogP) is 2.05. The third kappa shape index (κ3) is 2.95. The Bertz CT molecular complexity index is 643. The van der Waals surface area contributed by atoms with Crippen molar-refractivity contribution in [3.63, 3.8) is 0 Å². The maximum Gasteiger partial charge on any atom is 0.242 e. The van der Waals surface area contributed by atoms with Crippen molar-refractivity contribution in [2.75, 3.05) is 0 Å². The highest BCUT2D eigenvalue weighted by atomic mass is 79.9. The lowest BCUT2D eigenvalue weighted by molar-refractivity contribution is 0.411. The first kappa shape index (κ1) is 13.2. The summed E-state index contributed by atoms with van der Waals surface area (Å²) in [4.78, 5) is -0.0348. The van der Waals surface area contributed by atoms with Crippen LogP contribution in [0.25, 0.3) is 0 Å². The maximum absolute atomic E-state index is 12.9. The summed E-state index contributed by atoms with van der Waals surface area (Å²) in [5.41, 5.74) is 0.455. The Balaban J connectivity index is 2.20. The lowest BCUT2D eigenvalue weighted by Gasteiger charge is -2.07. The van der Waals surface area contributed by atoms with Gasteiger partial charge in [-0.3, -0.25) is 0 Å². The SMILES string of the molecule is O=S(=O)(NCc1ccon1)c1ccc(F)cc1Br. The average Bonchev–Trinajstić information content (AvgIpc) is 2.78. The average molecular weight is 335 g/mol. The number of aromatic nitrogens is 1. The standard InChI is InChI=1S/C10H8BrFN2O3S/c11-9-5-7(12)1-2-10(9)18(15,16)13-6-8-3-4-17-14-8/h1-5,13H,6H2. The van der Waals surface area contributed by atoms with Gasteiger partial charge in [0.2, 0.25) is 10.0 Å². The van der Waals surface area contributed by atoms with Gasteiger partial charge < -0.3 is 4.52 Å². The third-order valence-electron chi connectivity index (χ3n) is 2.12. The number of halogens is 2. The van der Waals surface area contributed by atoms with E-state index in [9.17, 15) is 12.8 Å². The number of nitrogens with zero attached hydrogens (tertiary/aromatic N) is 1. The van der Waals surface area contributed by atoms with E-state index in [0.29, 0.717) is 5.69 Å². The molecule has 0 amide bonds. The molecule has 0 aliphatic heterocycles. The Morgan fingerprint density at radius 1 is 1.39 bits per heavy atom. The summed E-state index contributed by atoms with van der Waals surface area (Å²) < 4.78 is 43.8. The summed E-state index contributed by atoms with van der Waals surface area (Å²) in [6.45, 7) is 0.00263. The van der Waals surface area contributed by atoms with E-state index in [1.54, 1.807) is 6.07 Å².